The Morgan fingerprint density at radius 1 is 1.47 bits per heavy atom. The van der Waals surface area contributed by atoms with Crippen LogP contribution in [0.5, 0.6) is 0 Å². The van der Waals surface area contributed by atoms with Crippen molar-refractivity contribution >= 4 is 27.7 Å². The summed E-state index contributed by atoms with van der Waals surface area (Å²) in [5, 5.41) is 8.82. The lowest BCUT2D eigenvalue weighted by atomic mass is 10.1. The van der Waals surface area contributed by atoms with Gasteiger partial charge in [-0.3, -0.25) is 0 Å². The minimum absolute atomic E-state index is 0.226. The number of aromatic nitrogens is 3. The summed E-state index contributed by atoms with van der Waals surface area (Å²) in [6.07, 6.45) is 3.60. The van der Waals surface area contributed by atoms with Gasteiger partial charge in [-0.25, -0.2) is 0 Å². The summed E-state index contributed by atoms with van der Waals surface area (Å²) in [6, 6.07) is 6.58. The van der Waals surface area contributed by atoms with Crippen molar-refractivity contribution in [1.29, 1.82) is 0 Å². The normalized spacial score (nSPS) is 12.6. The average Bonchev–Trinajstić information content (AvgIpc) is 2.78. The maximum atomic E-state index is 5.98. The van der Waals surface area contributed by atoms with E-state index in [0.717, 1.165) is 27.4 Å². The van der Waals surface area contributed by atoms with Crippen LogP contribution in [-0.4, -0.2) is 20.8 Å². The molecule has 0 saturated heterocycles. The van der Waals surface area contributed by atoms with Gasteiger partial charge >= 0.3 is 0 Å². The number of nitrogens with two attached hydrogens (primary N) is 1. The molecule has 2 N–H and O–H groups in total. The maximum Gasteiger partial charge on any atom is 0.195 e. The SMILES string of the molecule is CCC(N)Cc1ccc(Sc2nncn2C)c(Br)c1. The van der Waals surface area contributed by atoms with E-state index in [1.807, 2.05) is 11.6 Å². The third kappa shape index (κ3) is 3.81. The summed E-state index contributed by atoms with van der Waals surface area (Å²) >= 11 is 5.20. The molecule has 102 valence electrons. The van der Waals surface area contributed by atoms with E-state index in [4.69, 9.17) is 5.73 Å². The van der Waals surface area contributed by atoms with Crippen LogP contribution in [0.4, 0.5) is 0 Å². The summed E-state index contributed by atoms with van der Waals surface area (Å²) in [5.41, 5.74) is 7.23. The highest BCUT2D eigenvalue weighted by molar-refractivity contribution is 9.10. The Hall–Kier alpha value is -0.850. The van der Waals surface area contributed by atoms with Gasteiger partial charge in [-0.2, -0.15) is 0 Å². The molecule has 0 spiro atoms. The van der Waals surface area contributed by atoms with Gasteiger partial charge in [0.05, 0.1) is 0 Å². The number of benzene rings is 1. The molecule has 1 unspecified atom stereocenters. The standard InChI is InChI=1S/C13H17BrN4S/c1-3-10(15)6-9-4-5-12(11(14)7-9)19-13-17-16-8-18(13)2/h4-5,7-8,10H,3,6,15H2,1-2H3. The summed E-state index contributed by atoms with van der Waals surface area (Å²) in [6.45, 7) is 2.11. The number of halogens is 1. The van der Waals surface area contributed by atoms with Crippen LogP contribution in [0.1, 0.15) is 18.9 Å². The Balaban J connectivity index is 2.13. The molecule has 1 atom stereocenters. The number of rotatable bonds is 5. The van der Waals surface area contributed by atoms with E-state index in [0.29, 0.717) is 0 Å². The quantitative estimate of drug-likeness (QED) is 0.908. The maximum absolute atomic E-state index is 5.98. The zero-order valence-corrected chi connectivity index (χ0v) is 13.4. The molecule has 1 aromatic heterocycles. The smallest absolute Gasteiger partial charge is 0.195 e. The second-order valence-electron chi connectivity index (χ2n) is 4.46. The lowest BCUT2D eigenvalue weighted by molar-refractivity contribution is 0.646. The molecule has 6 heteroatoms. The van der Waals surface area contributed by atoms with Crippen LogP contribution in [0.2, 0.25) is 0 Å². The number of nitrogens with zero attached hydrogens (tertiary/aromatic N) is 3. The zero-order valence-electron chi connectivity index (χ0n) is 11.0. The summed E-state index contributed by atoms with van der Waals surface area (Å²) < 4.78 is 2.97. The molecule has 0 aliphatic carbocycles. The minimum atomic E-state index is 0.226. The van der Waals surface area contributed by atoms with Crippen molar-refractivity contribution in [3.05, 3.63) is 34.6 Å². The zero-order chi connectivity index (χ0) is 13.8. The van der Waals surface area contributed by atoms with Crippen LogP contribution in [-0.2, 0) is 13.5 Å². The molecule has 0 fully saturated rings. The van der Waals surface area contributed by atoms with Gasteiger partial charge < -0.3 is 10.3 Å². The number of hydrogen-bond acceptors (Lipinski definition) is 4. The molecule has 0 aliphatic heterocycles. The Morgan fingerprint density at radius 3 is 2.84 bits per heavy atom. The van der Waals surface area contributed by atoms with Gasteiger partial charge in [-0.1, -0.05) is 13.0 Å². The minimum Gasteiger partial charge on any atom is -0.327 e. The van der Waals surface area contributed by atoms with Crippen molar-refractivity contribution in [1.82, 2.24) is 14.8 Å². The van der Waals surface area contributed by atoms with Gasteiger partial charge in [0.25, 0.3) is 0 Å². The lowest BCUT2D eigenvalue weighted by Gasteiger charge is -2.10. The Bertz CT molecular complexity index is 555. The molecule has 1 aromatic carbocycles. The van der Waals surface area contributed by atoms with Gasteiger partial charge in [0.2, 0.25) is 0 Å². The van der Waals surface area contributed by atoms with Gasteiger partial charge in [0.15, 0.2) is 5.16 Å². The second kappa shape index (κ2) is 6.54. The molecule has 2 rings (SSSR count). The fourth-order valence-corrected chi connectivity index (χ4v) is 3.10. The van der Waals surface area contributed by atoms with E-state index < -0.39 is 0 Å². The first kappa shape index (κ1) is 14.6. The first-order chi connectivity index (χ1) is 9.10. The van der Waals surface area contributed by atoms with Crippen LogP contribution in [0.15, 0.2) is 39.1 Å². The Kier molecular flexibility index (Phi) is 5.01. The molecule has 0 aliphatic rings. The fourth-order valence-electron chi connectivity index (χ4n) is 1.66. The van der Waals surface area contributed by atoms with Crippen LogP contribution in [0.3, 0.4) is 0 Å². The Morgan fingerprint density at radius 2 is 2.26 bits per heavy atom. The van der Waals surface area contributed by atoms with Crippen molar-refractivity contribution in [3.8, 4) is 0 Å². The van der Waals surface area contributed by atoms with E-state index in [2.05, 4.69) is 51.3 Å². The number of hydrogen-bond donors (Lipinski definition) is 1. The lowest BCUT2D eigenvalue weighted by Crippen LogP contribution is -2.21. The molecule has 4 nitrogen and oxygen atoms in total. The van der Waals surface area contributed by atoms with Crippen molar-refractivity contribution in [2.24, 2.45) is 12.8 Å². The van der Waals surface area contributed by atoms with Crippen molar-refractivity contribution in [2.45, 2.75) is 35.9 Å². The van der Waals surface area contributed by atoms with Gasteiger partial charge in [0, 0.05) is 22.5 Å². The first-order valence-electron chi connectivity index (χ1n) is 6.16. The third-order valence-electron chi connectivity index (χ3n) is 2.89. The van der Waals surface area contributed by atoms with Crippen molar-refractivity contribution in [3.63, 3.8) is 0 Å². The van der Waals surface area contributed by atoms with E-state index in [9.17, 15) is 0 Å². The summed E-state index contributed by atoms with van der Waals surface area (Å²) in [5.74, 6) is 0. The molecule has 0 bridgehead atoms. The summed E-state index contributed by atoms with van der Waals surface area (Å²) in [4.78, 5) is 1.13. The number of aryl methyl sites for hydroxylation is 1. The topological polar surface area (TPSA) is 56.7 Å². The predicted octanol–water partition coefficient (Wildman–Crippen LogP) is 3.01. The van der Waals surface area contributed by atoms with Crippen LogP contribution in [0, 0.1) is 0 Å². The monoisotopic (exact) mass is 340 g/mol. The first-order valence-corrected chi connectivity index (χ1v) is 7.77. The summed E-state index contributed by atoms with van der Waals surface area (Å²) in [7, 11) is 1.94. The third-order valence-corrected chi connectivity index (χ3v) is 4.94. The highest BCUT2D eigenvalue weighted by atomic mass is 79.9. The second-order valence-corrected chi connectivity index (χ2v) is 6.33. The van der Waals surface area contributed by atoms with Crippen LogP contribution in [0.25, 0.3) is 0 Å². The van der Waals surface area contributed by atoms with Crippen molar-refractivity contribution in [2.75, 3.05) is 0 Å². The predicted molar refractivity (Wildman–Crippen MR) is 81.2 cm³/mol. The molecular weight excluding hydrogens is 324 g/mol. The highest BCUT2D eigenvalue weighted by Crippen LogP contribution is 2.32. The molecule has 0 saturated carbocycles. The van der Waals surface area contributed by atoms with E-state index in [1.165, 1.54) is 5.56 Å². The van der Waals surface area contributed by atoms with E-state index >= 15 is 0 Å². The van der Waals surface area contributed by atoms with Gasteiger partial charge in [0.1, 0.15) is 6.33 Å². The molecule has 1 heterocycles. The average molecular weight is 341 g/mol. The molecule has 19 heavy (non-hydrogen) atoms. The van der Waals surface area contributed by atoms with Crippen LogP contribution < -0.4 is 5.73 Å². The molecule has 0 amide bonds. The molecule has 0 radical (unpaired) electrons. The van der Waals surface area contributed by atoms with E-state index in [1.54, 1.807) is 18.1 Å². The highest BCUT2D eigenvalue weighted by Gasteiger charge is 2.09. The molecular formula is C13H17BrN4S. The van der Waals surface area contributed by atoms with Gasteiger partial charge in [-0.05, 0) is 58.2 Å². The van der Waals surface area contributed by atoms with Crippen molar-refractivity contribution < 1.29 is 0 Å². The van der Waals surface area contributed by atoms with Gasteiger partial charge in [-0.15, -0.1) is 10.2 Å². The van der Waals surface area contributed by atoms with Crippen LogP contribution >= 0.6 is 27.7 Å². The van der Waals surface area contributed by atoms with E-state index in [-0.39, 0.29) is 6.04 Å². The molecule has 2 aromatic rings. The Labute approximate surface area is 125 Å². The fraction of sp³-hybridized carbons (Fsp3) is 0.385. The largest absolute Gasteiger partial charge is 0.327 e.